The van der Waals surface area contributed by atoms with Crippen LogP contribution in [0, 0.1) is 19.7 Å². The maximum absolute atomic E-state index is 14.0. The number of thiophene rings is 1. The lowest BCUT2D eigenvalue weighted by molar-refractivity contribution is 0.0957. The topological polar surface area (TPSA) is 62.0 Å². The second-order valence-corrected chi connectivity index (χ2v) is 8.21. The molecule has 1 aliphatic rings. The molecule has 140 valence electrons. The van der Waals surface area contributed by atoms with Gasteiger partial charge in [0.15, 0.2) is 5.78 Å². The minimum atomic E-state index is -0.261. The summed E-state index contributed by atoms with van der Waals surface area (Å²) in [6.45, 7) is 4.35. The Hall–Kier alpha value is -2.47. The molecular weight excluding hydrogens is 363 g/mol. The van der Waals surface area contributed by atoms with Crippen LogP contribution in [0.1, 0.15) is 54.6 Å². The average molecular weight is 384 g/mol. The Morgan fingerprint density at radius 1 is 1.30 bits per heavy atom. The van der Waals surface area contributed by atoms with E-state index in [1.54, 1.807) is 12.1 Å². The van der Waals surface area contributed by atoms with Gasteiger partial charge in [-0.2, -0.15) is 0 Å². The number of nitrogens with one attached hydrogen (secondary N) is 2. The number of ketones is 1. The molecule has 27 heavy (non-hydrogen) atoms. The van der Waals surface area contributed by atoms with Gasteiger partial charge in [-0.05, 0) is 56.4 Å². The third-order valence-electron chi connectivity index (χ3n) is 5.23. The summed E-state index contributed by atoms with van der Waals surface area (Å²) in [6.07, 6.45) is 2.92. The zero-order valence-corrected chi connectivity index (χ0v) is 16.2. The Morgan fingerprint density at radius 3 is 2.89 bits per heavy atom. The van der Waals surface area contributed by atoms with E-state index in [9.17, 15) is 14.0 Å². The van der Waals surface area contributed by atoms with Crippen molar-refractivity contribution in [2.24, 2.45) is 0 Å². The van der Waals surface area contributed by atoms with Crippen molar-refractivity contribution in [1.29, 1.82) is 0 Å². The summed E-state index contributed by atoms with van der Waals surface area (Å²) in [7, 11) is 0. The molecule has 0 saturated heterocycles. The molecule has 6 heteroatoms. The minimum absolute atomic E-state index is 0.137. The van der Waals surface area contributed by atoms with Gasteiger partial charge >= 0.3 is 0 Å². The van der Waals surface area contributed by atoms with Crippen molar-refractivity contribution in [3.05, 3.63) is 56.2 Å². The van der Waals surface area contributed by atoms with E-state index in [4.69, 9.17) is 0 Å². The van der Waals surface area contributed by atoms with Crippen LogP contribution in [0.25, 0.3) is 10.9 Å². The molecule has 0 atom stereocenters. The number of hydrogen-bond acceptors (Lipinski definition) is 3. The van der Waals surface area contributed by atoms with Gasteiger partial charge in [0.25, 0.3) is 5.91 Å². The molecule has 1 aliphatic carbocycles. The summed E-state index contributed by atoms with van der Waals surface area (Å²) in [5, 5.41) is 3.84. The van der Waals surface area contributed by atoms with Gasteiger partial charge in [0.2, 0.25) is 0 Å². The number of aryl methyl sites for hydroxylation is 3. The smallest absolute Gasteiger partial charge is 0.261 e. The Balaban J connectivity index is 1.48. The number of benzene rings is 1. The van der Waals surface area contributed by atoms with Crippen molar-refractivity contribution in [1.82, 2.24) is 10.3 Å². The number of hydrogen-bond donors (Lipinski definition) is 2. The van der Waals surface area contributed by atoms with E-state index in [2.05, 4.69) is 10.3 Å². The Bertz CT molecular complexity index is 1060. The lowest BCUT2D eigenvalue weighted by Gasteiger charge is -2.07. The first-order valence-electron chi connectivity index (χ1n) is 9.16. The zero-order chi connectivity index (χ0) is 19.1. The number of Topliss-reactive ketones (excluding diaryl/α,β-unsaturated/α-hetero) is 1. The van der Waals surface area contributed by atoms with Crippen molar-refractivity contribution in [3.63, 3.8) is 0 Å². The monoisotopic (exact) mass is 384 g/mol. The summed E-state index contributed by atoms with van der Waals surface area (Å²) >= 11 is 1.42. The van der Waals surface area contributed by atoms with E-state index in [0.717, 1.165) is 45.5 Å². The largest absolute Gasteiger partial charge is 0.356 e. The molecule has 4 rings (SSSR count). The van der Waals surface area contributed by atoms with Crippen molar-refractivity contribution in [3.8, 4) is 0 Å². The van der Waals surface area contributed by atoms with Crippen LogP contribution >= 0.6 is 11.3 Å². The lowest BCUT2D eigenvalue weighted by Crippen LogP contribution is -2.25. The van der Waals surface area contributed by atoms with E-state index in [0.29, 0.717) is 29.8 Å². The standard InChI is InChI=1S/C21H21FN2O2S/c1-11-6-7-15(22)20-19(11)13(12(2)24-20)8-9-23-21(26)18-10-14-16(25)4-3-5-17(14)27-18/h6-7,10,24H,3-5,8-9H2,1-2H3,(H,23,26). The maximum atomic E-state index is 14.0. The number of H-pyrrole nitrogens is 1. The lowest BCUT2D eigenvalue weighted by atomic mass is 9.98. The molecular formula is C21H21FN2O2S. The van der Waals surface area contributed by atoms with Crippen LogP contribution in [0.5, 0.6) is 0 Å². The second-order valence-electron chi connectivity index (χ2n) is 7.07. The van der Waals surface area contributed by atoms with Gasteiger partial charge in [0, 0.05) is 34.5 Å². The van der Waals surface area contributed by atoms with Gasteiger partial charge in [-0.3, -0.25) is 9.59 Å². The molecule has 3 aromatic rings. The minimum Gasteiger partial charge on any atom is -0.356 e. The molecule has 0 spiro atoms. The van der Waals surface area contributed by atoms with Gasteiger partial charge in [0.1, 0.15) is 5.82 Å². The average Bonchev–Trinajstić information content (AvgIpc) is 3.22. The summed E-state index contributed by atoms with van der Waals surface area (Å²) < 4.78 is 14.0. The van der Waals surface area contributed by atoms with Gasteiger partial charge in [-0.1, -0.05) is 6.07 Å². The number of carbonyl (C=O) groups is 2. The quantitative estimate of drug-likeness (QED) is 0.697. The molecule has 1 aromatic carbocycles. The predicted molar refractivity (Wildman–Crippen MR) is 105 cm³/mol. The zero-order valence-electron chi connectivity index (χ0n) is 15.4. The van der Waals surface area contributed by atoms with E-state index in [-0.39, 0.29) is 17.5 Å². The number of aromatic amines is 1. The van der Waals surface area contributed by atoms with Crippen LogP contribution in [0.15, 0.2) is 18.2 Å². The van der Waals surface area contributed by atoms with Gasteiger partial charge in [-0.25, -0.2) is 4.39 Å². The first-order chi connectivity index (χ1) is 13.0. The molecule has 0 radical (unpaired) electrons. The highest BCUT2D eigenvalue weighted by Crippen LogP contribution is 2.30. The molecule has 2 aromatic heterocycles. The van der Waals surface area contributed by atoms with Crippen molar-refractivity contribution >= 4 is 33.9 Å². The molecule has 2 heterocycles. The Kier molecular flexibility index (Phi) is 4.60. The normalized spacial score (nSPS) is 13.8. The van der Waals surface area contributed by atoms with Crippen LogP contribution in [0.2, 0.25) is 0 Å². The summed E-state index contributed by atoms with van der Waals surface area (Å²) in [5.74, 6) is -0.274. The molecule has 2 N–H and O–H groups in total. The van der Waals surface area contributed by atoms with Gasteiger partial charge < -0.3 is 10.3 Å². The third kappa shape index (κ3) is 3.18. The number of fused-ring (bicyclic) bond motifs is 2. The molecule has 1 amide bonds. The molecule has 0 fully saturated rings. The second kappa shape index (κ2) is 6.93. The molecule has 0 saturated carbocycles. The molecule has 0 unspecified atom stereocenters. The number of amides is 1. The number of aromatic nitrogens is 1. The van der Waals surface area contributed by atoms with E-state index in [1.165, 1.54) is 17.4 Å². The first kappa shape index (κ1) is 17.9. The fourth-order valence-corrected chi connectivity index (χ4v) is 4.99. The highest BCUT2D eigenvalue weighted by Gasteiger charge is 2.22. The highest BCUT2D eigenvalue weighted by molar-refractivity contribution is 7.14. The molecule has 4 nitrogen and oxygen atoms in total. The number of rotatable bonds is 4. The van der Waals surface area contributed by atoms with Crippen LogP contribution in [-0.2, 0) is 12.8 Å². The summed E-state index contributed by atoms with van der Waals surface area (Å²) in [5.41, 5.74) is 4.21. The van der Waals surface area contributed by atoms with Crippen molar-refractivity contribution in [2.45, 2.75) is 39.5 Å². The fourth-order valence-electron chi connectivity index (χ4n) is 3.85. The van der Waals surface area contributed by atoms with Gasteiger partial charge in [-0.15, -0.1) is 11.3 Å². The Morgan fingerprint density at radius 2 is 2.11 bits per heavy atom. The van der Waals surface area contributed by atoms with Crippen molar-refractivity contribution < 1.29 is 14.0 Å². The van der Waals surface area contributed by atoms with E-state index < -0.39 is 0 Å². The van der Waals surface area contributed by atoms with Crippen LogP contribution in [0.4, 0.5) is 4.39 Å². The fraction of sp³-hybridized carbons (Fsp3) is 0.333. The molecule has 0 aliphatic heterocycles. The number of carbonyl (C=O) groups excluding carboxylic acids is 2. The molecule has 0 bridgehead atoms. The predicted octanol–water partition coefficient (Wildman–Crippen LogP) is 4.48. The van der Waals surface area contributed by atoms with Crippen LogP contribution in [-0.4, -0.2) is 23.2 Å². The van der Waals surface area contributed by atoms with Crippen LogP contribution in [0.3, 0.4) is 0 Å². The SMILES string of the molecule is Cc1[nH]c2c(F)ccc(C)c2c1CCNC(=O)c1cc2c(s1)CCCC2=O. The number of halogens is 1. The Labute approximate surface area is 160 Å². The van der Waals surface area contributed by atoms with E-state index in [1.807, 2.05) is 13.8 Å². The maximum Gasteiger partial charge on any atom is 0.261 e. The summed E-state index contributed by atoms with van der Waals surface area (Å²) in [6, 6.07) is 4.98. The van der Waals surface area contributed by atoms with Gasteiger partial charge in [0.05, 0.1) is 10.4 Å². The summed E-state index contributed by atoms with van der Waals surface area (Å²) in [4.78, 5) is 29.2. The van der Waals surface area contributed by atoms with Crippen molar-refractivity contribution in [2.75, 3.05) is 6.54 Å². The van der Waals surface area contributed by atoms with Crippen LogP contribution < -0.4 is 5.32 Å². The van der Waals surface area contributed by atoms with E-state index >= 15 is 0 Å². The first-order valence-corrected chi connectivity index (χ1v) is 9.97. The third-order valence-corrected chi connectivity index (χ3v) is 6.42. The highest BCUT2D eigenvalue weighted by atomic mass is 32.1.